The Morgan fingerprint density at radius 3 is 2.76 bits per heavy atom. The van der Waals surface area contributed by atoms with Crippen molar-refractivity contribution in [1.29, 1.82) is 0 Å². The molecule has 0 aliphatic heterocycles. The van der Waals surface area contributed by atoms with Gasteiger partial charge >= 0.3 is 0 Å². The quantitative estimate of drug-likeness (QED) is 0.758. The van der Waals surface area contributed by atoms with Gasteiger partial charge in [0.05, 0.1) is 0 Å². The third-order valence-corrected chi connectivity index (χ3v) is 4.91. The highest BCUT2D eigenvalue weighted by atomic mass is 32.1. The Balaban J connectivity index is 1.92. The molecule has 2 heterocycles. The van der Waals surface area contributed by atoms with Gasteiger partial charge in [-0.3, -0.25) is 5.10 Å². The summed E-state index contributed by atoms with van der Waals surface area (Å²) in [4.78, 5) is 0. The molecule has 1 atom stereocenters. The third-order valence-electron chi connectivity index (χ3n) is 4.23. The second-order valence-electron chi connectivity index (χ2n) is 5.36. The number of hydrogen-bond donors (Lipinski definition) is 2. The number of thiophene rings is 1. The van der Waals surface area contributed by atoms with Crippen molar-refractivity contribution in [3.63, 3.8) is 0 Å². The fourth-order valence-electron chi connectivity index (χ4n) is 3.10. The number of aromatic amines is 1. The van der Waals surface area contributed by atoms with E-state index in [2.05, 4.69) is 69.5 Å². The molecule has 4 rings (SSSR count). The zero-order valence-corrected chi connectivity index (χ0v) is 12.2. The molecule has 0 fully saturated rings. The molecule has 2 aromatic heterocycles. The van der Waals surface area contributed by atoms with Crippen LogP contribution in [0.25, 0.3) is 6.08 Å². The monoisotopic (exact) mass is 293 g/mol. The van der Waals surface area contributed by atoms with E-state index in [1.54, 1.807) is 11.3 Å². The number of hydrogen-bond acceptors (Lipinski definition) is 3. The number of nitrogens with one attached hydrogen (secondary N) is 1. The number of nitrogens with two attached hydrogens (primary N) is 1. The first-order valence-corrected chi connectivity index (χ1v) is 7.84. The van der Waals surface area contributed by atoms with Gasteiger partial charge in [-0.15, -0.1) is 0 Å². The molecule has 1 aliphatic rings. The lowest BCUT2D eigenvalue weighted by atomic mass is 9.69. The van der Waals surface area contributed by atoms with E-state index in [9.17, 15) is 0 Å². The van der Waals surface area contributed by atoms with Crippen LogP contribution in [-0.4, -0.2) is 10.2 Å². The van der Waals surface area contributed by atoms with E-state index in [-0.39, 0.29) is 5.41 Å². The first-order chi connectivity index (χ1) is 10.3. The number of rotatable bonds is 2. The van der Waals surface area contributed by atoms with Crippen molar-refractivity contribution < 1.29 is 0 Å². The van der Waals surface area contributed by atoms with Gasteiger partial charge < -0.3 is 5.73 Å². The average molecular weight is 293 g/mol. The molecule has 4 heteroatoms. The number of nitrogen functional groups attached to an aromatic ring is 1. The Labute approximate surface area is 127 Å². The van der Waals surface area contributed by atoms with Gasteiger partial charge in [0.1, 0.15) is 0 Å². The largest absolute Gasteiger partial charge is 0.382 e. The number of aromatic nitrogens is 2. The van der Waals surface area contributed by atoms with Crippen LogP contribution < -0.4 is 5.73 Å². The molecule has 0 spiro atoms. The Kier molecular flexibility index (Phi) is 2.72. The highest BCUT2D eigenvalue weighted by Crippen LogP contribution is 2.42. The molecule has 21 heavy (non-hydrogen) atoms. The van der Waals surface area contributed by atoms with Crippen LogP contribution in [0.1, 0.15) is 22.4 Å². The van der Waals surface area contributed by atoms with Gasteiger partial charge in [0, 0.05) is 23.1 Å². The van der Waals surface area contributed by atoms with Gasteiger partial charge in [0.2, 0.25) is 0 Å². The normalized spacial score (nSPS) is 20.4. The zero-order chi connectivity index (χ0) is 14.3. The van der Waals surface area contributed by atoms with Gasteiger partial charge in [0.15, 0.2) is 5.82 Å². The van der Waals surface area contributed by atoms with Crippen molar-refractivity contribution in [2.75, 3.05) is 5.73 Å². The Morgan fingerprint density at radius 1 is 1.14 bits per heavy atom. The Hall–Kier alpha value is -2.33. The second-order valence-corrected chi connectivity index (χ2v) is 6.14. The molecular formula is C17H15N3S. The van der Waals surface area contributed by atoms with Crippen LogP contribution in [0.15, 0.2) is 53.2 Å². The van der Waals surface area contributed by atoms with E-state index in [4.69, 9.17) is 5.73 Å². The molecule has 3 nitrogen and oxygen atoms in total. The lowest BCUT2D eigenvalue weighted by Crippen LogP contribution is -2.30. The molecule has 1 aromatic carbocycles. The van der Waals surface area contributed by atoms with E-state index in [1.165, 1.54) is 11.1 Å². The van der Waals surface area contributed by atoms with Crippen molar-refractivity contribution in [1.82, 2.24) is 10.2 Å². The summed E-state index contributed by atoms with van der Waals surface area (Å²) in [6.45, 7) is 0. The number of benzene rings is 1. The highest BCUT2D eigenvalue weighted by Gasteiger charge is 2.36. The number of fused-ring (bicyclic) bond motifs is 1. The SMILES string of the molecule is Nc1n[nH]c2c1C=CC(c1ccccc1)(c1ccsc1)C2. The maximum atomic E-state index is 5.92. The van der Waals surface area contributed by atoms with Crippen molar-refractivity contribution in [2.24, 2.45) is 0 Å². The topological polar surface area (TPSA) is 54.7 Å². The summed E-state index contributed by atoms with van der Waals surface area (Å²) >= 11 is 1.73. The number of H-pyrrole nitrogens is 1. The number of nitrogens with zero attached hydrogens (tertiary/aromatic N) is 1. The lowest BCUT2D eigenvalue weighted by Gasteiger charge is -2.33. The summed E-state index contributed by atoms with van der Waals surface area (Å²) in [5, 5.41) is 11.6. The first kappa shape index (κ1) is 12.4. The summed E-state index contributed by atoms with van der Waals surface area (Å²) in [5.74, 6) is 0.577. The van der Waals surface area contributed by atoms with Crippen LogP contribution >= 0.6 is 11.3 Å². The van der Waals surface area contributed by atoms with Gasteiger partial charge in [-0.05, 0) is 28.0 Å². The maximum Gasteiger partial charge on any atom is 0.152 e. The summed E-state index contributed by atoms with van der Waals surface area (Å²) in [6, 6.07) is 12.8. The molecule has 0 bridgehead atoms. The van der Waals surface area contributed by atoms with Crippen molar-refractivity contribution in [3.05, 3.63) is 75.6 Å². The fourth-order valence-corrected chi connectivity index (χ4v) is 3.84. The molecule has 0 saturated heterocycles. The van der Waals surface area contributed by atoms with E-state index >= 15 is 0 Å². The van der Waals surface area contributed by atoms with Crippen LogP contribution in [0.2, 0.25) is 0 Å². The number of allylic oxidation sites excluding steroid dienone is 1. The minimum absolute atomic E-state index is 0.146. The maximum absolute atomic E-state index is 5.92. The predicted molar refractivity (Wildman–Crippen MR) is 87.3 cm³/mol. The second kappa shape index (κ2) is 4.60. The van der Waals surface area contributed by atoms with E-state index < -0.39 is 0 Å². The Morgan fingerprint density at radius 2 is 2.00 bits per heavy atom. The molecule has 0 radical (unpaired) electrons. The van der Waals surface area contributed by atoms with Gasteiger partial charge in [-0.25, -0.2) is 0 Å². The third kappa shape index (κ3) is 1.83. The van der Waals surface area contributed by atoms with Crippen LogP contribution in [-0.2, 0) is 11.8 Å². The first-order valence-electron chi connectivity index (χ1n) is 6.90. The van der Waals surface area contributed by atoms with Gasteiger partial charge in [-0.1, -0.05) is 42.5 Å². The minimum Gasteiger partial charge on any atom is -0.382 e. The minimum atomic E-state index is -0.146. The molecule has 1 aliphatic carbocycles. The smallest absolute Gasteiger partial charge is 0.152 e. The predicted octanol–water partition coefficient (Wildman–Crippen LogP) is 3.61. The van der Waals surface area contributed by atoms with Crippen molar-refractivity contribution >= 4 is 23.2 Å². The molecule has 3 N–H and O–H groups in total. The van der Waals surface area contributed by atoms with Gasteiger partial charge in [0.25, 0.3) is 0 Å². The highest BCUT2D eigenvalue weighted by molar-refractivity contribution is 7.08. The average Bonchev–Trinajstić information content (AvgIpc) is 3.18. The fraction of sp³-hybridized carbons (Fsp3) is 0.118. The Bertz CT molecular complexity index is 787. The van der Waals surface area contributed by atoms with Crippen LogP contribution in [0.3, 0.4) is 0 Å². The van der Waals surface area contributed by atoms with Gasteiger partial charge in [-0.2, -0.15) is 16.4 Å². The van der Waals surface area contributed by atoms with E-state index in [1.807, 2.05) is 0 Å². The summed E-state index contributed by atoms with van der Waals surface area (Å²) in [6.07, 6.45) is 5.21. The summed E-state index contributed by atoms with van der Waals surface area (Å²) in [7, 11) is 0. The lowest BCUT2D eigenvalue weighted by molar-refractivity contribution is 0.623. The molecule has 1 unspecified atom stereocenters. The molecule has 3 aromatic rings. The standard InChI is InChI=1S/C17H15N3S/c18-16-14-6-8-17(10-15(14)19-20-16,13-7-9-21-11-13)12-4-2-1-3-5-12/h1-9,11H,10H2,(H3,18,19,20). The zero-order valence-electron chi connectivity index (χ0n) is 11.4. The summed E-state index contributed by atoms with van der Waals surface area (Å²) in [5.41, 5.74) is 10.5. The molecule has 0 amide bonds. The number of anilines is 1. The molecular weight excluding hydrogens is 278 g/mol. The van der Waals surface area contributed by atoms with E-state index in [0.717, 1.165) is 17.7 Å². The van der Waals surface area contributed by atoms with Crippen molar-refractivity contribution in [2.45, 2.75) is 11.8 Å². The summed E-state index contributed by atoms with van der Waals surface area (Å²) < 4.78 is 0. The van der Waals surface area contributed by atoms with Crippen LogP contribution in [0, 0.1) is 0 Å². The van der Waals surface area contributed by atoms with Crippen LogP contribution in [0.5, 0.6) is 0 Å². The van der Waals surface area contributed by atoms with E-state index in [0.29, 0.717) is 5.82 Å². The molecule has 104 valence electrons. The van der Waals surface area contributed by atoms with Crippen molar-refractivity contribution in [3.8, 4) is 0 Å². The van der Waals surface area contributed by atoms with Crippen LogP contribution in [0.4, 0.5) is 5.82 Å². The molecule has 0 saturated carbocycles.